The molecule has 5 nitrogen and oxygen atoms in total. The molecule has 23 heavy (non-hydrogen) atoms. The second kappa shape index (κ2) is 7.00. The molecule has 0 bridgehead atoms. The van der Waals surface area contributed by atoms with Crippen LogP contribution in [0, 0.1) is 13.8 Å². The molecule has 2 heterocycles. The van der Waals surface area contributed by atoms with Gasteiger partial charge in [-0.15, -0.1) is 11.3 Å². The second-order valence-electron chi connectivity index (χ2n) is 5.49. The van der Waals surface area contributed by atoms with E-state index in [0.29, 0.717) is 28.3 Å². The molecule has 0 saturated carbocycles. The van der Waals surface area contributed by atoms with Crippen molar-refractivity contribution in [3.05, 3.63) is 39.7 Å². The minimum Gasteiger partial charge on any atom is -0.469 e. The highest BCUT2D eigenvalue weighted by atomic mass is 32.1. The maximum Gasteiger partial charge on any atom is 0.341 e. The van der Waals surface area contributed by atoms with Crippen LogP contribution in [0.15, 0.2) is 16.7 Å². The van der Waals surface area contributed by atoms with Gasteiger partial charge in [0.05, 0.1) is 23.5 Å². The first-order valence-electron chi connectivity index (χ1n) is 7.53. The number of furan rings is 1. The third kappa shape index (κ3) is 3.64. The normalized spacial score (nSPS) is 10.9. The highest BCUT2D eigenvalue weighted by Gasteiger charge is 2.25. The van der Waals surface area contributed by atoms with Crippen molar-refractivity contribution < 1.29 is 18.7 Å². The zero-order chi connectivity index (χ0) is 17.1. The van der Waals surface area contributed by atoms with E-state index in [9.17, 15) is 9.59 Å². The molecule has 0 radical (unpaired) electrons. The minimum absolute atomic E-state index is 0.216. The molecule has 2 rings (SSSR count). The van der Waals surface area contributed by atoms with Gasteiger partial charge in [-0.05, 0) is 45.7 Å². The van der Waals surface area contributed by atoms with E-state index >= 15 is 0 Å². The number of nitrogens with one attached hydrogen (secondary N) is 1. The number of esters is 1. The Balaban J connectivity index is 2.36. The first-order valence-corrected chi connectivity index (χ1v) is 8.35. The maximum absolute atomic E-state index is 12.4. The van der Waals surface area contributed by atoms with Gasteiger partial charge in [-0.2, -0.15) is 0 Å². The lowest BCUT2D eigenvalue weighted by Crippen LogP contribution is -2.17. The monoisotopic (exact) mass is 335 g/mol. The molecule has 0 aromatic carbocycles. The van der Waals surface area contributed by atoms with Gasteiger partial charge in [0.25, 0.3) is 5.91 Å². The van der Waals surface area contributed by atoms with E-state index < -0.39 is 5.97 Å². The summed E-state index contributed by atoms with van der Waals surface area (Å²) in [6.07, 6.45) is 1.95. The van der Waals surface area contributed by atoms with Gasteiger partial charge in [-0.3, -0.25) is 4.79 Å². The number of hydrogen-bond acceptors (Lipinski definition) is 5. The summed E-state index contributed by atoms with van der Waals surface area (Å²) in [5.41, 5.74) is 1.83. The SMILES string of the molecule is CCc1c(C)sc(NC(=O)c2ccoc2C)c1C(=O)OC(C)C. The quantitative estimate of drug-likeness (QED) is 0.825. The van der Waals surface area contributed by atoms with Crippen LogP contribution in [0.25, 0.3) is 0 Å². The number of carbonyl (C=O) groups excluding carboxylic acids is 2. The van der Waals surface area contributed by atoms with E-state index in [4.69, 9.17) is 9.15 Å². The molecular weight excluding hydrogens is 314 g/mol. The minimum atomic E-state index is -0.402. The van der Waals surface area contributed by atoms with Crippen molar-refractivity contribution in [2.45, 2.75) is 47.1 Å². The van der Waals surface area contributed by atoms with Crippen molar-refractivity contribution in [2.24, 2.45) is 0 Å². The smallest absolute Gasteiger partial charge is 0.341 e. The fraction of sp³-hybridized carbons (Fsp3) is 0.412. The summed E-state index contributed by atoms with van der Waals surface area (Å²) in [4.78, 5) is 25.8. The summed E-state index contributed by atoms with van der Waals surface area (Å²) in [5, 5.41) is 3.35. The van der Waals surface area contributed by atoms with Crippen LogP contribution in [0.3, 0.4) is 0 Å². The Kier molecular flexibility index (Phi) is 5.26. The molecule has 6 heteroatoms. The molecule has 2 aromatic rings. The highest BCUT2D eigenvalue weighted by molar-refractivity contribution is 7.16. The Morgan fingerprint density at radius 1 is 1.35 bits per heavy atom. The molecular formula is C17H21NO4S. The maximum atomic E-state index is 12.4. The average molecular weight is 335 g/mol. The molecule has 0 atom stereocenters. The molecule has 0 spiro atoms. The lowest BCUT2D eigenvalue weighted by atomic mass is 10.1. The van der Waals surface area contributed by atoms with Crippen LogP contribution in [-0.2, 0) is 11.2 Å². The summed E-state index contributed by atoms with van der Waals surface area (Å²) in [6, 6.07) is 1.61. The van der Waals surface area contributed by atoms with Crippen molar-refractivity contribution in [1.82, 2.24) is 0 Å². The summed E-state index contributed by atoms with van der Waals surface area (Å²) < 4.78 is 10.5. The van der Waals surface area contributed by atoms with Gasteiger partial charge in [0.2, 0.25) is 0 Å². The molecule has 0 fully saturated rings. The van der Waals surface area contributed by atoms with Crippen LogP contribution in [0.1, 0.15) is 57.7 Å². The molecule has 124 valence electrons. The van der Waals surface area contributed by atoms with E-state index in [0.717, 1.165) is 10.4 Å². The Labute approximate surface area is 139 Å². The fourth-order valence-electron chi connectivity index (χ4n) is 2.37. The summed E-state index contributed by atoms with van der Waals surface area (Å²) in [7, 11) is 0. The Morgan fingerprint density at radius 3 is 2.57 bits per heavy atom. The first kappa shape index (κ1) is 17.3. The van der Waals surface area contributed by atoms with Gasteiger partial charge in [-0.25, -0.2) is 4.79 Å². The largest absolute Gasteiger partial charge is 0.469 e. The molecule has 0 unspecified atom stereocenters. The van der Waals surface area contributed by atoms with E-state index in [1.807, 2.05) is 13.8 Å². The van der Waals surface area contributed by atoms with Crippen LogP contribution < -0.4 is 5.32 Å². The number of rotatable bonds is 5. The Hall–Kier alpha value is -2.08. The number of ether oxygens (including phenoxy) is 1. The molecule has 0 aliphatic carbocycles. The van der Waals surface area contributed by atoms with Gasteiger partial charge >= 0.3 is 5.97 Å². The van der Waals surface area contributed by atoms with Crippen LogP contribution >= 0.6 is 11.3 Å². The molecule has 0 aliphatic heterocycles. The standard InChI is InChI=1S/C17H21NO4S/c1-6-12-11(5)23-16(14(12)17(20)22-9(2)3)18-15(19)13-7-8-21-10(13)4/h7-9H,6H2,1-5H3,(H,18,19). The van der Waals surface area contributed by atoms with Crippen molar-refractivity contribution >= 4 is 28.2 Å². The van der Waals surface area contributed by atoms with Crippen molar-refractivity contribution in [3.8, 4) is 0 Å². The first-order chi connectivity index (χ1) is 10.8. The summed E-state index contributed by atoms with van der Waals surface area (Å²) >= 11 is 1.39. The summed E-state index contributed by atoms with van der Waals surface area (Å²) in [5.74, 6) is -0.156. The Morgan fingerprint density at radius 2 is 2.04 bits per heavy atom. The lowest BCUT2D eigenvalue weighted by Gasteiger charge is -2.11. The topological polar surface area (TPSA) is 68.5 Å². The van der Waals surface area contributed by atoms with E-state index in [-0.39, 0.29) is 12.0 Å². The highest BCUT2D eigenvalue weighted by Crippen LogP contribution is 2.34. The third-order valence-corrected chi connectivity index (χ3v) is 4.50. The zero-order valence-electron chi connectivity index (χ0n) is 14.0. The molecule has 0 aliphatic rings. The van der Waals surface area contributed by atoms with Gasteiger partial charge in [0.15, 0.2) is 0 Å². The van der Waals surface area contributed by atoms with Crippen molar-refractivity contribution in [2.75, 3.05) is 5.32 Å². The number of aryl methyl sites for hydroxylation is 2. The van der Waals surface area contributed by atoms with E-state index in [1.165, 1.54) is 17.6 Å². The van der Waals surface area contributed by atoms with Crippen LogP contribution in [0.4, 0.5) is 5.00 Å². The van der Waals surface area contributed by atoms with E-state index in [1.54, 1.807) is 26.8 Å². The van der Waals surface area contributed by atoms with Gasteiger partial charge in [0, 0.05) is 4.88 Å². The summed E-state index contributed by atoms with van der Waals surface area (Å²) in [6.45, 7) is 9.24. The van der Waals surface area contributed by atoms with Crippen LogP contribution in [0.2, 0.25) is 0 Å². The van der Waals surface area contributed by atoms with Gasteiger partial charge in [-0.1, -0.05) is 6.92 Å². The van der Waals surface area contributed by atoms with Crippen molar-refractivity contribution in [3.63, 3.8) is 0 Å². The van der Waals surface area contributed by atoms with Gasteiger partial charge in [0.1, 0.15) is 10.8 Å². The second-order valence-corrected chi connectivity index (χ2v) is 6.72. The predicted octanol–water partition coefficient (Wildman–Crippen LogP) is 4.34. The third-order valence-electron chi connectivity index (χ3n) is 3.44. The zero-order valence-corrected chi connectivity index (χ0v) is 14.8. The lowest BCUT2D eigenvalue weighted by molar-refractivity contribution is 0.0378. The average Bonchev–Trinajstić information content (AvgIpc) is 3.01. The molecule has 1 amide bonds. The van der Waals surface area contributed by atoms with Crippen LogP contribution in [-0.4, -0.2) is 18.0 Å². The van der Waals surface area contributed by atoms with Crippen LogP contribution in [0.5, 0.6) is 0 Å². The number of anilines is 1. The molecule has 2 aromatic heterocycles. The predicted molar refractivity (Wildman–Crippen MR) is 90.4 cm³/mol. The molecule has 0 saturated heterocycles. The number of amides is 1. The van der Waals surface area contributed by atoms with Gasteiger partial charge < -0.3 is 14.5 Å². The fourth-order valence-corrected chi connectivity index (χ4v) is 3.50. The van der Waals surface area contributed by atoms with E-state index in [2.05, 4.69) is 5.32 Å². The number of carbonyl (C=O) groups is 2. The Bertz CT molecular complexity index is 727. The number of thiophene rings is 1. The number of hydrogen-bond donors (Lipinski definition) is 1. The molecule has 1 N–H and O–H groups in total. The van der Waals surface area contributed by atoms with Crippen molar-refractivity contribution in [1.29, 1.82) is 0 Å².